The number of sulfonamides is 1. The minimum absolute atomic E-state index is 0.137. The molecule has 1 saturated carbocycles. The van der Waals surface area contributed by atoms with Gasteiger partial charge in [-0.05, 0) is 97.4 Å². The molecular weight excluding hydrogens is 593 g/mol. The van der Waals surface area contributed by atoms with Crippen molar-refractivity contribution >= 4 is 39.2 Å². The highest BCUT2D eigenvalue weighted by Gasteiger charge is 2.46. The number of nitrogens with one attached hydrogen (secondary N) is 2. The molecular formula is C32H35Cl2N3O4S. The fraction of sp³-hybridized carbons (Fsp3) is 0.406. The molecule has 2 saturated heterocycles. The molecule has 1 aliphatic carbocycles. The van der Waals surface area contributed by atoms with Gasteiger partial charge in [0.2, 0.25) is 10.0 Å². The molecule has 3 aliphatic rings. The van der Waals surface area contributed by atoms with Crippen LogP contribution in [0, 0.1) is 17.8 Å². The summed E-state index contributed by atoms with van der Waals surface area (Å²) in [6, 6.07) is 22.9. The van der Waals surface area contributed by atoms with Gasteiger partial charge in [-0.25, -0.2) is 13.2 Å². The Morgan fingerprint density at radius 3 is 2.02 bits per heavy atom. The van der Waals surface area contributed by atoms with Crippen LogP contribution in [0.15, 0.2) is 77.7 Å². The zero-order chi connectivity index (χ0) is 29.4. The van der Waals surface area contributed by atoms with E-state index in [0.717, 1.165) is 42.1 Å². The van der Waals surface area contributed by atoms with Crippen molar-refractivity contribution in [2.24, 2.45) is 17.8 Å². The van der Waals surface area contributed by atoms with E-state index in [1.54, 1.807) is 12.1 Å². The maximum atomic E-state index is 13.4. The third-order valence-electron chi connectivity index (χ3n) is 9.51. The SMILES string of the molecule is O=C(O)c1ccccc1S(=O)(=O)N1CCC(C2NNC3CCC(C(c4ccc(Cl)cc4)c4ccc(Cl)cc4)CC32)CC1. The largest absolute Gasteiger partial charge is 0.478 e. The molecule has 6 rings (SSSR count). The highest BCUT2D eigenvalue weighted by Crippen LogP contribution is 2.46. The maximum absolute atomic E-state index is 13.4. The number of nitrogens with zero attached hydrogens (tertiary/aromatic N) is 1. The van der Waals surface area contributed by atoms with Crippen molar-refractivity contribution in [2.75, 3.05) is 13.1 Å². The molecule has 10 heteroatoms. The molecule has 2 heterocycles. The third kappa shape index (κ3) is 5.85. The van der Waals surface area contributed by atoms with Gasteiger partial charge in [0.15, 0.2) is 0 Å². The molecule has 0 bridgehead atoms. The molecule has 3 N–H and O–H groups in total. The molecule has 3 aromatic carbocycles. The van der Waals surface area contributed by atoms with Gasteiger partial charge in [0.05, 0.1) is 10.5 Å². The van der Waals surface area contributed by atoms with Crippen LogP contribution in [-0.4, -0.2) is 49.0 Å². The number of carboxylic acids is 1. The molecule has 3 aromatic rings. The van der Waals surface area contributed by atoms with Gasteiger partial charge in [0.25, 0.3) is 0 Å². The summed E-state index contributed by atoms with van der Waals surface area (Å²) in [7, 11) is -3.90. The van der Waals surface area contributed by atoms with Crippen molar-refractivity contribution in [1.29, 1.82) is 0 Å². The molecule has 0 amide bonds. The average Bonchev–Trinajstić information content (AvgIpc) is 3.43. The first-order valence-corrected chi connectivity index (χ1v) is 16.8. The van der Waals surface area contributed by atoms with Crippen LogP contribution in [0.5, 0.6) is 0 Å². The van der Waals surface area contributed by atoms with Crippen molar-refractivity contribution in [3.63, 3.8) is 0 Å². The van der Waals surface area contributed by atoms with Crippen molar-refractivity contribution in [1.82, 2.24) is 15.2 Å². The van der Waals surface area contributed by atoms with Gasteiger partial charge in [0, 0.05) is 41.1 Å². The summed E-state index contributed by atoms with van der Waals surface area (Å²) in [5.41, 5.74) is 9.48. The third-order valence-corrected chi connectivity index (χ3v) is 12.0. The van der Waals surface area contributed by atoms with E-state index in [-0.39, 0.29) is 22.4 Å². The van der Waals surface area contributed by atoms with E-state index < -0.39 is 16.0 Å². The van der Waals surface area contributed by atoms with E-state index in [0.29, 0.717) is 36.9 Å². The molecule has 4 atom stereocenters. The normalized spacial score (nSPS) is 25.4. The predicted molar refractivity (Wildman–Crippen MR) is 164 cm³/mol. The fourth-order valence-corrected chi connectivity index (χ4v) is 9.36. The van der Waals surface area contributed by atoms with Gasteiger partial charge in [-0.2, -0.15) is 4.31 Å². The Morgan fingerprint density at radius 1 is 0.833 bits per heavy atom. The number of piperidine rings is 1. The van der Waals surface area contributed by atoms with Crippen LogP contribution in [0.3, 0.4) is 0 Å². The number of carbonyl (C=O) groups is 1. The highest BCUT2D eigenvalue weighted by atomic mass is 35.5. The highest BCUT2D eigenvalue weighted by molar-refractivity contribution is 7.89. The summed E-state index contributed by atoms with van der Waals surface area (Å²) in [5, 5.41) is 11.0. The number of fused-ring (bicyclic) bond motifs is 1. The smallest absolute Gasteiger partial charge is 0.337 e. The van der Waals surface area contributed by atoms with Gasteiger partial charge >= 0.3 is 5.97 Å². The Labute approximate surface area is 257 Å². The van der Waals surface area contributed by atoms with Crippen LogP contribution in [0.25, 0.3) is 0 Å². The van der Waals surface area contributed by atoms with E-state index in [2.05, 4.69) is 35.1 Å². The van der Waals surface area contributed by atoms with Crippen LogP contribution >= 0.6 is 23.2 Å². The van der Waals surface area contributed by atoms with Gasteiger partial charge < -0.3 is 5.11 Å². The topological polar surface area (TPSA) is 98.7 Å². The summed E-state index contributed by atoms with van der Waals surface area (Å²) in [4.78, 5) is 11.5. The lowest BCUT2D eigenvalue weighted by molar-refractivity contribution is 0.0692. The summed E-state index contributed by atoms with van der Waals surface area (Å²) in [6.07, 6.45) is 4.66. The number of carboxylic acid groups (broad SMARTS) is 1. The molecule has 222 valence electrons. The van der Waals surface area contributed by atoms with Gasteiger partial charge in [-0.3, -0.25) is 10.9 Å². The van der Waals surface area contributed by atoms with Crippen LogP contribution in [0.1, 0.15) is 59.5 Å². The summed E-state index contributed by atoms with van der Waals surface area (Å²) in [5.74, 6) is 0.163. The van der Waals surface area contributed by atoms with Crippen LogP contribution in [0.4, 0.5) is 0 Å². The second kappa shape index (κ2) is 12.3. The van der Waals surface area contributed by atoms with Crippen molar-refractivity contribution in [3.8, 4) is 0 Å². The monoisotopic (exact) mass is 627 g/mol. The molecule has 0 radical (unpaired) electrons. The van der Waals surface area contributed by atoms with Gasteiger partial charge in [0.1, 0.15) is 0 Å². The van der Waals surface area contributed by atoms with Crippen LogP contribution < -0.4 is 10.9 Å². The first-order valence-electron chi connectivity index (χ1n) is 14.6. The Hall–Kier alpha value is -2.46. The minimum atomic E-state index is -3.90. The maximum Gasteiger partial charge on any atom is 0.337 e. The van der Waals surface area contributed by atoms with E-state index in [1.165, 1.54) is 27.6 Å². The molecule has 3 fully saturated rings. The van der Waals surface area contributed by atoms with Crippen molar-refractivity contribution < 1.29 is 18.3 Å². The van der Waals surface area contributed by atoms with E-state index in [9.17, 15) is 18.3 Å². The molecule has 4 unspecified atom stereocenters. The summed E-state index contributed by atoms with van der Waals surface area (Å²) >= 11 is 12.5. The number of hydrogen-bond acceptors (Lipinski definition) is 5. The van der Waals surface area contributed by atoms with E-state index in [1.807, 2.05) is 24.3 Å². The Bertz CT molecular complexity index is 1480. The Morgan fingerprint density at radius 2 is 1.43 bits per heavy atom. The summed E-state index contributed by atoms with van der Waals surface area (Å²) < 4.78 is 28.3. The molecule has 42 heavy (non-hydrogen) atoms. The van der Waals surface area contributed by atoms with Crippen LogP contribution in [-0.2, 0) is 10.0 Å². The standard InChI is InChI=1S/C32H35Cl2N3O4S/c33-24-10-5-20(6-11-24)30(21-7-12-25(34)13-8-21)23-9-14-28-27(19-23)31(36-35-28)22-15-17-37(18-16-22)42(40,41)29-4-2-1-3-26(29)32(38)39/h1-8,10-13,22-23,27-28,30-31,35-36H,9,14-19H2,(H,38,39). The average molecular weight is 629 g/mol. The number of hydrazine groups is 1. The first kappa shape index (κ1) is 29.6. The first-order chi connectivity index (χ1) is 20.2. The van der Waals surface area contributed by atoms with Crippen molar-refractivity contribution in [3.05, 3.63) is 99.5 Å². The van der Waals surface area contributed by atoms with Crippen molar-refractivity contribution in [2.45, 2.75) is 55.0 Å². The number of aromatic carboxylic acids is 1. The lowest BCUT2D eigenvalue weighted by Crippen LogP contribution is -2.46. The molecule has 0 spiro atoms. The molecule has 2 aliphatic heterocycles. The lowest BCUT2D eigenvalue weighted by atomic mass is 9.66. The fourth-order valence-electron chi connectivity index (χ4n) is 7.46. The quantitative estimate of drug-likeness (QED) is 0.289. The van der Waals surface area contributed by atoms with Gasteiger partial charge in [-0.15, -0.1) is 0 Å². The number of rotatable bonds is 7. The van der Waals surface area contributed by atoms with E-state index in [4.69, 9.17) is 23.2 Å². The zero-order valence-electron chi connectivity index (χ0n) is 23.1. The number of benzene rings is 3. The number of halogens is 2. The number of hydrogen-bond donors (Lipinski definition) is 3. The second-order valence-electron chi connectivity index (χ2n) is 11.8. The molecule has 7 nitrogen and oxygen atoms in total. The van der Waals surface area contributed by atoms with Gasteiger partial charge in [-0.1, -0.05) is 59.6 Å². The lowest BCUT2D eigenvalue weighted by Gasteiger charge is -2.41. The summed E-state index contributed by atoms with van der Waals surface area (Å²) in [6.45, 7) is 0.746. The zero-order valence-corrected chi connectivity index (χ0v) is 25.5. The second-order valence-corrected chi connectivity index (χ2v) is 14.6. The Balaban J connectivity index is 1.18. The Kier molecular flexibility index (Phi) is 8.65. The van der Waals surface area contributed by atoms with Crippen LogP contribution in [0.2, 0.25) is 10.0 Å². The predicted octanol–water partition coefficient (Wildman–Crippen LogP) is 6.19. The minimum Gasteiger partial charge on any atom is -0.478 e. The molecule has 0 aromatic heterocycles. The van der Waals surface area contributed by atoms with E-state index >= 15 is 0 Å².